The SMILES string of the molecule is O=c1ccn([C@@H]2O[C@H](COP(=O)(O)OP(=O)(O)OP(=O)(O)O)[C@H](O)[C@@H]2O)c(=O)n1CCc1cccc(Cl)c1. The lowest BCUT2D eigenvalue weighted by molar-refractivity contribution is -0.0548. The summed E-state index contributed by atoms with van der Waals surface area (Å²) in [4.78, 5) is 61.1. The van der Waals surface area contributed by atoms with E-state index in [0.717, 1.165) is 27.0 Å². The maximum Gasteiger partial charge on any atom is 0.490 e. The molecule has 1 fully saturated rings. The maximum absolute atomic E-state index is 13.0. The van der Waals surface area contributed by atoms with Gasteiger partial charge in [0, 0.05) is 23.8 Å². The number of ether oxygens (including phenoxy) is 1. The minimum Gasteiger partial charge on any atom is -0.387 e. The van der Waals surface area contributed by atoms with E-state index in [1.807, 2.05) is 0 Å². The van der Waals surface area contributed by atoms with Crippen LogP contribution in [0.1, 0.15) is 11.8 Å². The molecule has 3 rings (SSSR count). The van der Waals surface area contributed by atoms with Crippen molar-refractivity contribution in [2.75, 3.05) is 6.61 Å². The van der Waals surface area contributed by atoms with Crippen molar-refractivity contribution in [3.63, 3.8) is 0 Å². The zero-order valence-electron chi connectivity index (χ0n) is 18.9. The average molecular weight is 623 g/mol. The van der Waals surface area contributed by atoms with E-state index in [9.17, 15) is 43.3 Å². The highest BCUT2D eigenvalue weighted by molar-refractivity contribution is 7.66. The summed E-state index contributed by atoms with van der Waals surface area (Å²) in [5.41, 5.74) is -0.840. The van der Waals surface area contributed by atoms with E-state index in [1.54, 1.807) is 24.3 Å². The van der Waals surface area contributed by atoms with Gasteiger partial charge in [0.1, 0.15) is 18.3 Å². The normalized spacial score (nSPS) is 25.1. The second-order valence-corrected chi connectivity index (χ2v) is 12.7. The van der Waals surface area contributed by atoms with Gasteiger partial charge < -0.3 is 34.5 Å². The third-order valence-corrected chi connectivity index (χ3v) is 9.08. The first-order valence-electron chi connectivity index (χ1n) is 10.3. The third-order valence-electron chi connectivity index (χ3n) is 5.04. The number of phosphoric acid groups is 3. The van der Waals surface area contributed by atoms with Crippen molar-refractivity contribution in [2.45, 2.75) is 37.5 Å². The second-order valence-electron chi connectivity index (χ2n) is 7.81. The molecule has 2 aromatic rings. The summed E-state index contributed by atoms with van der Waals surface area (Å²) in [5.74, 6) is 0. The van der Waals surface area contributed by atoms with Gasteiger partial charge >= 0.3 is 29.2 Å². The summed E-state index contributed by atoms with van der Waals surface area (Å²) in [6.45, 7) is -1.14. The number of hydrogen-bond donors (Lipinski definition) is 6. The van der Waals surface area contributed by atoms with E-state index in [0.29, 0.717) is 5.02 Å². The lowest BCUT2D eigenvalue weighted by Crippen LogP contribution is -2.43. The Labute approximate surface area is 217 Å². The first-order valence-corrected chi connectivity index (χ1v) is 15.2. The minimum absolute atomic E-state index is 0.0698. The van der Waals surface area contributed by atoms with Gasteiger partial charge in [-0.15, -0.1) is 0 Å². The van der Waals surface area contributed by atoms with E-state index in [-0.39, 0.29) is 13.0 Å². The molecule has 6 N–H and O–H groups in total. The first kappa shape index (κ1) is 31.0. The van der Waals surface area contributed by atoms with Crippen LogP contribution in [0.25, 0.3) is 0 Å². The fourth-order valence-corrected chi connectivity index (χ4v) is 6.67. The Morgan fingerprint density at radius 3 is 2.29 bits per heavy atom. The Kier molecular flexibility index (Phi) is 9.73. The number of aryl methyl sites for hydroxylation is 1. The van der Waals surface area contributed by atoms with E-state index in [2.05, 4.69) is 13.1 Å². The summed E-state index contributed by atoms with van der Waals surface area (Å²) in [6.07, 6.45) is -5.58. The standard InChI is InChI=1S/C17H22ClN2O15P3/c18-11-3-1-2-10(8-11)4-6-19-13(21)5-7-20(17(19)24)16-15(23)14(22)12(33-16)9-32-37(28,29)35-38(30,31)34-36(25,26)27/h1-3,5,7-8,12,14-16,22-23H,4,6,9H2,(H,28,29)(H,30,31)(H2,25,26,27)/t12-,14+,15+,16-/m1/s1. The molecule has 0 amide bonds. The zero-order valence-corrected chi connectivity index (χ0v) is 22.3. The molecule has 0 saturated carbocycles. The van der Waals surface area contributed by atoms with Gasteiger partial charge in [-0.05, 0) is 24.1 Å². The molecule has 2 heterocycles. The molecule has 38 heavy (non-hydrogen) atoms. The van der Waals surface area contributed by atoms with Gasteiger partial charge in [-0.25, -0.2) is 18.5 Å². The zero-order chi connectivity index (χ0) is 28.5. The quantitative estimate of drug-likeness (QED) is 0.178. The third kappa shape index (κ3) is 8.24. The summed E-state index contributed by atoms with van der Waals surface area (Å²) in [6, 6.07) is 7.74. The highest BCUT2D eigenvalue weighted by Crippen LogP contribution is 2.66. The van der Waals surface area contributed by atoms with Crippen molar-refractivity contribution in [1.82, 2.24) is 9.13 Å². The lowest BCUT2D eigenvalue weighted by atomic mass is 10.1. The predicted octanol–water partition coefficient (Wildman–Crippen LogP) is -0.131. The number of phosphoric ester groups is 1. The van der Waals surface area contributed by atoms with Crippen molar-refractivity contribution in [3.8, 4) is 0 Å². The predicted molar refractivity (Wildman–Crippen MR) is 126 cm³/mol. The molecule has 21 heteroatoms. The number of aliphatic hydroxyl groups is 2. The highest BCUT2D eigenvalue weighted by atomic mass is 35.5. The highest BCUT2D eigenvalue weighted by Gasteiger charge is 2.46. The Hall–Kier alpha value is -1.52. The molecule has 17 nitrogen and oxygen atoms in total. The summed E-state index contributed by atoms with van der Waals surface area (Å²) in [7, 11) is -16.9. The van der Waals surface area contributed by atoms with Crippen molar-refractivity contribution in [3.05, 3.63) is 68.0 Å². The molecule has 0 aliphatic carbocycles. The van der Waals surface area contributed by atoms with Crippen molar-refractivity contribution in [2.24, 2.45) is 0 Å². The van der Waals surface area contributed by atoms with E-state index in [1.165, 1.54) is 0 Å². The number of hydrogen-bond acceptors (Lipinski definition) is 11. The maximum atomic E-state index is 13.0. The van der Waals surface area contributed by atoms with E-state index >= 15 is 0 Å². The number of benzene rings is 1. The number of nitrogens with zero attached hydrogens (tertiary/aromatic N) is 2. The number of rotatable bonds is 11. The smallest absolute Gasteiger partial charge is 0.387 e. The van der Waals surface area contributed by atoms with E-state index < -0.39 is 65.9 Å². The van der Waals surface area contributed by atoms with Crippen LogP contribution in [0.4, 0.5) is 0 Å². The van der Waals surface area contributed by atoms with Gasteiger partial charge in [-0.1, -0.05) is 23.7 Å². The van der Waals surface area contributed by atoms with Crippen LogP contribution in [0.5, 0.6) is 0 Å². The molecule has 2 unspecified atom stereocenters. The van der Waals surface area contributed by atoms with Gasteiger partial charge in [0.25, 0.3) is 5.56 Å². The average Bonchev–Trinajstić information content (AvgIpc) is 3.04. The van der Waals surface area contributed by atoms with Gasteiger partial charge in [-0.2, -0.15) is 8.62 Å². The van der Waals surface area contributed by atoms with Crippen molar-refractivity contribution in [1.29, 1.82) is 0 Å². The Bertz CT molecular complexity index is 1420. The molecule has 1 aliphatic rings. The summed E-state index contributed by atoms with van der Waals surface area (Å²) in [5, 5.41) is 21.1. The molecule has 0 spiro atoms. The van der Waals surface area contributed by atoms with Gasteiger partial charge in [0.05, 0.1) is 6.61 Å². The fraction of sp³-hybridized carbons (Fsp3) is 0.412. The number of aromatic nitrogens is 2. The topological polar surface area (TPSA) is 254 Å². The van der Waals surface area contributed by atoms with Crippen molar-refractivity contribution >= 4 is 35.1 Å². The fourth-order valence-electron chi connectivity index (χ4n) is 3.43. The van der Waals surface area contributed by atoms with Gasteiger partial charge in [0.2, 0.25) is 0 Å². The molecular weight excluding hydrogens is 601 g/mol. The van der Waals surface area contributed by atoms with Crippen LogP contribution in [0.2, 0.25) is 5.02 Å². The molecule has 212 valence electrons. The lowest BCUT2D eigenvalue weighted by Gasteiger charge is -2.19. The van der Waals surface area contributed by atoms with Crippen LogP contribution >= 0.6 is 35.1 Å². The first-order chi connectivity index (χ1) is 17.5. The molecule has 0 bridgehead atoms. The van der Waals surface area contributed by atoms with Crippen LogP contribution in [-0.4, -0.2) is 63.8 Å². The monoisotopic (exact) mass is 622 g/mol. The summed E-state index contributed by atoms with van der Waals surface area (Å²) >= 11 is 5.94. The molecule has 1 aromatic carbocycles. The molecular formula is C17H22ClN2O15P3. The van der Waals surface area contributed by atoms with Gasteiger partial charge in [-0.3, -0.25) is 18.5 Å². The Balaban J connectivity index is 1.72. The molecule has 1 aromatic heterocycles. The molecule has 1 saturated heterocycles. The van der Waals surface area contributed by atoms with Crippen LogP contribution in [0.15, 0.2) is 46.1 Å². The van der Waals surface area contributed by atoms with Crippen LogP contribution in [0, 0.1) is 0 Å². The number of aliphatic hydroxyl groups excluding tert-OH is 2. The van der Waals surface area contributed by atoms with Crippen molar-refractivity contribution < 1.29 is 61.4 Å². The van der Waals surface area contributed by atoms with Crippen LogP contribution in [-0.2, 0) is 44.5 Å². The number of halogens is 1. The second kappa shape index (κ2) is 11.9. The molecule has 6 atom stereocenters. The van der Waals surface area contributed by atoms with Crippen LogP contribution < -0.4 is 11.2 Å². The largest absolute Gasteiger partial charge is 0.490 e. The Morgan fingerprint density at radius 2 is 1.66 bits per heavy atom. The summed E-state index contributed by atoms with van der Waals surface area (Å²) < 4.78 is 52.6. The minimum atomic E-state index is -5.77. The van der Waals surface area contributed by atoms with Crippen LogP contribution in [0.3, 0.4) is 0 Å². The molecule has 0 radical (unpaired) electrons. The van der Waals surface area contributed by atoms with Gasteiger partial charge in [0.15, 0.2) is 6.23 Å². The van der Waals surface area contributed by atoms with E-state index in [4.69, 9.17) is 26.1 Å². The molecule has 1 aliphatic heterocycles. The Morgan fingerprint density at radius 1 is 0.974 bits per heavy atom.